The summed E-state index contributed by atoms with van der Waals surface area (Å²) in [5.41, 5.74) is 3.33. The molecule has 0 aliphatic carbocycles. The molecule has 0 radical (unpaired) electrons. The Morgan fingerprint density at radius 2 is 1.53 bits per heavy atom. The highest BCUT2D eigenvalue weighted by atomic mass is 35.5. The van der Waals surface area contributed by atoms with Crippen LogP contribution in [-0.2, 0) is 11.3 Å². The van der Waals surface area contributed by atoms with Crippen LogP contribution in [0.25, 0.3) is 0 Å². The Labute approximate surface area is 191 Å². The van der Waals surface area contributed by atoms with Gasteiger partial charge in [0.05, 0.1) is 21.8 Å². The Kier molecular flexibility index (Phi) is 6.52. The van der Waals surface area contributed by atoms with Crippen LogP contribution in [-0.4, -0.2) is 29.2 Å². The molecule has 0 unspecified atom stereocenters. The molecule has 0 bridgehead atoms. The molecule has 0 fully saturated rings. The molecule has 3 aromatic rings. The number of imide groups is 1. The summed E-state index contributed by atoms with van der Waals surface area (Å²) in [6.45, 7) is 0.840. The Hall–Kier alpha value is -3.64. The molecule has 0 saturated carbocycles. The lowest BCUT2D eigenvalue weighted by Crippen LogP contribution is -2.31. The van der Waals surface area contributed by atoms with Gasteiger partial charge in [-0.15, -0.1) is 0 Å². The van der Waals surface area contributed by atoms with Gasteiger partial charge in [-0.25, -0.2) is 0 Å². The van der Waals surface area contributed by atoms with E-state index in [1.165, 1.54) is 4.90 Å². The van der Waals surface area contributed by atoms with E-state index < -0.39 is 0 Å². The summed E-state index contributed by atoms with van der Waals surface area (Å²) in [5.74, 6) is -0.824. The van der Waals surface area contributed by atoms with Gasteiger partial charge in [0.1, 0.15) is 0 Å². The van der Waals surface area contributed by atoms with Crippen LogP contribution in [0.4, 0.5) is 11.4 Å². The van der Waals surface area contributed by atoms with Crippen LogP contribution in [0.2, 0.25) is 5.02 Å². The Morgan fingerprint density at radius 3 is 2.19 bits per heavy atom. The van der Waals surface area contributed by atoms with Crippen molar-refractivity contribution in [3.05, 3.63) is 94.5 Å². The maximum Gasteiger partial charge on any atom is 0.261 e. The molecule has 3 amide bonds. The second kappa shape index (κ2) is 9.66. The highest BCUT2D eigenvalue weighted by Crippen LogP contribution is 2.26. The normalized spacial score (nSPS) is 12.6. The average Bonchev–Trinajstić information content (AvgIpc) is 3.04. The van der Waals surface area contributed by atoms with Gasteiger partial charge in [-0.05, 0) is 42.3 Å². The molecule has 0 aromatic heterocycles. The zero-order valence-electron chi connectivity index (χ0n) is 17.3. The molecule has 4 rings (SSSR count). The van der Waals surface area contributed by atoms with E-state index >= 15 is 0 Å². The lowest BCUT2D eigenvalue weighted by molar-refractivity contribution is -0.116. The number of amides is 3. The van der Waals surface area contributed by atoms with Gasteiger partial charge in [-0.3, -0.25) is 19.3 Å². The first-order valence-electron chi connectivity index (χ1n) is 10.4. The molecule has 32 heavy (non-hydrogen) atoms. The molecule has 6 nitrogen and oxygen atoms in total. The number of benzene rings is 3. The van der Waals surface area contributed by atoms with E-state index in [2.05, 4.69) is 10.6 Å². The summed E-state index contributed by atoms with van der Waals surface area (Å²) in [5, 5.41) is 6.59. The van der Waals surface area contributed by atoms with E-state index in [0.29, 0.717) is 34.8 Å². The lowest BCUT2D eigenvalue weighted by atomic mass is 10.1. The van der Waals surface area contributed by atoms with Crippen molar-refractivity contribution in [1.82, 2.24) is 4.90 Å². The van der Waals surface area contributed by atoms with Crippen molar-refractivity contribution in [2.75, 3.05) is 17.2 Å². The van der Waals surface area contributed by atoms with Crippen molar-refractivity contribution >= 4 is 40.7 Å². The van der Waals surface area contributed by atoms with Crippen molar-refractivity contribution in [1.29, 1.82) is 0 Å². The summed E-state index contributed by atoms with van der Waals surface area (Å²) < 4.78 is 0. The fourth-order valence-electron chi connectivity index (χ4n) is 3.59. The monoisotopic (exact) mass is 447 g/mol. The fraction of sp³-hybridized carbons (Fsp3) is 0.160. The van der Waals surface area contributed by atoms with Gasteiger partial charge in [-0.1, -0.05) is 54.1 Å². The number of nitrogens with one attached hydrogen (secondary N) is 2. The Morgan fingerprint density at radius 1 is 0.875 bits per heavy atom. The number of fused-ring (bicyclic) bond motifs is 1. The summed E-state index contributed by atoms with van der Waals surface area (Å²) in [6.07, 6.45) is 0.556. The van der Waals surface area contributed by atoms with Crippen molar-refractivity contribution in [2.24, 2.45) is 0 Å². The number of carbonyl (C=O) groups is 3. The van der Waals surface area contributed by atoms with E-state index in [9.17, 15) is 14.4 Å². The predicted molar refractivity (Wildman–Crippen MR) is 125 cm³/mol. The van der Waals surface area contributed by atoms with E-state index in [1.54, 1.807) is 36.4 Å². The first-order chi connectivity index (χ1) is 15.5. The van der Waals surface area contributed by atoms with E-state index in [1.807, 2.05) is 36.4 Å². The van der Waals surface area contributed by atoms with Crippen molar-refractivity contribution in [3.63, 3.8) is 0 Å². The van der Waals surface area contributed by atoms with Gasteiger partial charge in [0.15, 0.2) is 0 Å². The number of anilines is 2. The molecule has 0 spiro atoms. The molecular formula is C25H22ClN3O3. The molecule has 0 saturated heterocycles. The molecule has 1 aliphatic rings. The highest BCUT2D eigenvalue weighted by molar-refractivity contribution is 6.33. The first kappa shape index (κ1) is 21.6. The molecule has 3 aromatic carbocycles. The third-order valence-electron chi connectivity index (χ3n) is 5.24. The summed E-state index contributed by atoms with van der Waals surface area (Å²) in [6, 6.07) is 22.0. The predicted octanol–water partition coefficient (Wildman–Crippen LogP) is 4.97. The van der Waals surface area contributed by atoms with Crippen molar-refractivity contribution < 1.29 is 14.4 Å². The molecule has 0 atom stereocenters. The van der Waals surface area contributed by atoms with Crippen molar-refractivity contribution in [3.8, 4) is 0 Å². The number of rotatable bonds is 8. The summed E-state index contributed by atoms with van der Waals surface area (Å²) in [7, 11) is 0. The van der Waals surface area contributed by atoms with Crippen LogP contribution in [0, 0.1) is 0 Å². The first-order valence-corrected chi connectivity index (χ1v) is 10.7. The van der Waals surface area contributed by atoms with Crippen LogP contribution in [0.3, 0.4) is 0 Å². The second-order valence-electron chi connectivity index (χ2n) is 7.49. The van der Waals surface area contributed by atoms with Gasteiger partial charge < -0.3 is 10.6 Å². The van der Waals surface area contributed by atoms with Crippen LogP contribution >= 0.6 is 11.6 Å². The minimum absolute atomic E-state index is 0.180. The second-order valence-corrected chi connectivity index (χ2v) is 7.90. The van der Waals surface area contributed by atoms with Crippen LogP contribution in [0.5, 0.6) is 0 Å². The van der Waals surface area contributed by atoms with E-state index in [-0.39, 0.29) is 30.7 Å². The molecule has 2 N–H and O–H groups in total. The minimum atomic E-state index is -0.309. The molecule has 162 valence electrons. The third-order valence-corrected chi connectivity index (χ3v) is 5.56. The summed E-state index contributed by atoms with van der Waals surface area (Å²) >= 11 is 6.35. The number of carbonyl (C=O) groups excluding carboxylic acids is 3. The molecular weight excluding hydrogens is 426 g/mol. The van der Waals surface area contributed by atoms with Crippen LogP contribution in [0.1, 0.15) is 39.1 Å². The van der Waals surface area contributed by atoms with Gasteiger partial charge in [0, 0.05) is 25.2 Å². The standard InChI is InChI=1S/C25H22ClN3O3/c26-21-15-18(12-13-22(21)27-16-17-7-2-1-3-8-17)28-23(30)11-6-14-29-24(31)19-9-4-5-10-20(19)25(29)32/h1-5,7-10,12-13,15,27H,6,11,14,16H2,(H,28,30). The third kappa shape index (κ3) is 4.81. The van der Waals surface area contributed by atoms with Crippen LogP contribution < -0.4 is 10.6 Å². The smallest absolute Gasteiger partial charge is 0.261 e. The Bertz CT molecular complexity index is 1130. The number of nitrogens with zero attached hydrogens (tertiary/aromatic N) is 1. The molecule has 1 heterocycles. The van der Waals surface area contributed by atoms with Gasteiger partial charge in [0.25, 0.3) is 11.8 Å². The van der Waals surface area contributed by atoms with Crippen LogP contribution in [0.15, 0.2) is 72.8 Å². The molecule has 7 heteroatoms. The zero-order valence-corrected chi connectivity index (χ0v) is 18.1. The zero-order chi connectivity index (χ0) is 22.5. The summed E-state index contributed by atoms with van der Waals surface area (Å²) in [4.78, 5) is 38.3. The largest absolute Gasteiger partial charge is 0.380 e. The minimum Gasteiger partial charge on any atom is -0.380 e. The SMILES string of the molecule is O=C(CCCN1C(=O)c2ccccc2C1=O)Nc1ccc(NCc2ccccc2)c(Cl)c1. The number of halogens is 1. The molecule has 1 aliphatic heterocycles. The van der Waals surface area contributed by atoms with Gasteiger partial charge in [-0.2, -0.15) is 0 Å². The van der Waals surface area contributed by atoms with Gasteiger partial charge >= 0.3 is 0 Å². The maximum absolute atomic E-state index is 12.4. The van der Waals surface area contributed by atoms with Gasteiger partial charge in [0.2, 0.25) is 5.91 Å². The fourth-order valence-corrected chi connectivity index (χ4v) is 3.84. The highest BCUT2D eigenvalue weighted by Gasteiger charge is 2.34. The topological polar surface area (TPSA) is 78.5 Å². The van der Waals surface area contributed by atoms with E-state index in [0.717, 1.165) is 11.3 Å². The van der Waals surface area contributed by atoms with E-state index in [4.69, 9.17) is 11.6 Å². The van der Waals surface area contributed by atoms with Crippen molar-refractivity contribution in [2.45, 2.75) is 19.4 Å². The Balaban J connectivity index is 1.26. The maximum atomic E-state index is 12.4. The average molecular weight is 448 g/mol. The quantitative estimate of drug-likeness (QED) is 0.478. The number of hydrogen-bond acceptors (Lipinski definition) is 4. The number of hydrogen-bond donors (Lipinski definition) is 2. The lowest BCUT2D eigenvalue weighted by Gasteiger charge is -2.14.